The van der Waals surface area contributed by atoms with Crippen LogP contribution in [0.15, 0.2) is 30.6 Å². The summed E-state index contributed by atoms with van der Waals surface area (Å²) in [5.74, 6) is -0.902. The number of hydrogen-bond donors (Lipinski definition) is 3. The van der Waals surface area contributed by atoms with Crippen molar-refractivity contribution >= 4 is 24.2 Å². The minimum atomic E-state index is -1.76. The summed E-state index contributed by atoms with van der Waals surface area (Å²) < 4.78 is 25.6. The maximum Gasteiger partial charge on any atom is 0.514 e. The van der Waals surface area contributed by atoms with E-state index in [-0.39, 0.29) is 35.9 Å². The summed E-state index contributed by atoms with van der Waals surface area (Å²) >= 11 is 0. The number of aliphatic hydroxyl groups is 2. The maximum absolute atomic E-state index is 13.5. The Morgan fingerprint density at radius 1 is 1.19 bits per heavy atom. The average Bonchev–Trinajstić information content (AvgIpc) is 3.04. The molecule has 0 bridgehead atoms. The van der Waals surface area contributed by atoms with Crippen LogP contribution in [0.5, 0.6) is 0 Å². The lowest BCUT2D eigenvalue weighted by Gasteiger charge is -2.44. The maximum atomic E-state index is 13.5. The molecule has 194 valence electrons. The van der Waals surface area contributed by atoms with Crippen molar-refractivity contribution in [3.8, 4) is 0 Å². The Kier molecular flexibility index (Phi) is 7.02. The zero-order valence-corrected chi connectivity index (χ0v) is 21.5. The molecular weight excluding hydrogens is 464 g/mol. The minimum Gasteiger partial charge on any atom is -0.398 e. The molecule has 4 N–H and O–H groups in total. The molecule has 0 radical (unpaired) electrons. The number of carbonyl (C=O) groups is 1. The monoisotopic (exact) mass is 499 g/mol. The number of carbonyl (C=O) groups excluding carboxylic acids is 1. The fourth-order valence-electron chi connectivity index (χ4n) is 5.05. The Labute approximate surface area is 211 Å². The van der Waals surface area contributed by atoms with E-state index in [1.54, 1.807) is 31.5 Å². The van der Waals surface area contributed by atoms with Gasteiger partial charge < -0.3 is 25.3 Å². The molecule has 2 aliphatic rings. The van der Waals surface area contributed by atoms with Gasteiger partial charge in [-0.15, -0.1) is 0 Å². The number of halogens is 1. The van der Waals surface area contributed by atoms with Gasteiger partial charge >= 0.3 is 7.12 Å². The number of nitrogen functional groups attached to an aromatic ring is 1. The van der Waals surface area contributed by atoms with Gasteiger partial charge in [-0.3, -0.25) is 14.8 Å². The van der Waals surface area contributed by atoms with E-state index in [4.69, 9.17) is 15.0 Å². The van der Waals surface area contributed by atoms with Crippen LogP contribution in [-0.2, 0) is 15.7 Å². The van der Waals surface area contributed by atoms with Gasteiger partial charge in [0.15, 0.2) is 5.78 Å². The number of rotatable bonds is 6. The van der Waals surface area contributed by atoms with Crippen LogP contribution in [0.1, 0.15) is 75.0 Å². The summed E-state index contributed by atoms with van der Waals surface area (Å²) in [7, 11) is -0.726. The number of hydrogen-bond acceptors (Lipinski definition) is 8. The standard InChI is InChI=1S/C26H35BFN3O5/c1-15-10-16(12-21(33)26(15,34)14-28)18-8-9-30-13-17(18)11-20(32)23-19(29)6-7-22(31-23)27-35-24(2,3)25(4,5)36-27/h6-9,13,15-16,21,33-34H,10-12,14,29H2,1-5H3/t15-,16+,21+,26+/m0/s1. The lowest BCUT2D eigenvalue weighted by molar-refractivity contribution is -0.146. The van der Waals surface area contributed by atoms with Crippen molar-refractivity contribution in [3.63, 3.8) is 0 Å². The third-order valence-corrected chi connectivity index (χ3v) is 8.23. The highest BCUT2D eigenvalue weighted by molar-refractivity contribution is 6.61. The third kappa shape index (κ3) is 4.67. The largest absolute Gasteiger partial charge is 0.514 e. The van der Waals surface area contributed by atoms with Gasteiger partial charge in [0.2, 0.25) is 0 Å². The van der Waals surface area contributed by atoms with Crippen LogP contribution in [-0.4, -0.2) is 62.7 Å². The van der Waals surface area contributed by atoms with Crippen LogP contribution >= 0.6 is 0 Å². The van der Waals surface area contributed by atoms with Crippen molar-refractivity contribution in [2.75, 3.05) is 12.4 Å². The molecule has 1 aliphatic heterocycles. The summed E-state index contributed by atoms with van der Waals surface area (Å²) in [5, 5.41) is 21.0. The highest BCUT2D eigenvalue weighted by atomic mass is 19.1. The Bertz CT molecular complexity index is 1120. The van der Waals surface area contributed by atoms with Gasteiger partial charge in [-0.05, 0) is 81.7 Å². The molecule has 0 aromatic carbocycles. The summed E-state index contributed by atoms with van der Waals surface area (Å²) in [6.07, 6.45) is 2.70. The van der Waals surface area contributed by atoms with E-state index in [0.717, 1.165) is 5.56 Å². The topological polar surface area (TPSA) is 128 Å². The van der Waals surface area contributed by atoms with Crippen molar-refractivity contribution in [2.24, 2.45) is 5.92 Å². The molecule has 4 atom stereocenters. The van der Waals surface area contributed by atoms with Gasteiger partial charge in [-0.1, -0.05) is 6.92 Å². The highest BCUT2D eigenvalue weighted by Crippen LogP contribution is 2.43. The molecule has 4 rings (SSSR count). The van der Waals surface area contributed by atoms with E-state index in [1.807, 2.05) is 33.8 Å². The second kappa shape index (κ2) is 9.48. The minimum absolute atomic E-state index is 0.00154. The highest BCUT2D eigenvalue weighted by Gasteiger charge is 2.52. The molecule has 2 aromatic rings. The van der Waals surface area contributed by atoms with Crippen molar-refractivity contribution in [3.05, 3.63) is 47.4 Å². The fraction of sp³-hybridized carbons (Fsp3) is 0.577. The summed E-state index contributed by atoms with van der Waals surface area (Å²) in [6, 6.07) is 5.13. The zero-order chi connectivity index (χ0) is 26.5. The normalized spacial score (nSPS) is 29.3. The molecule has 0 spiro atoms. The Balaban J connectivity index is 1.57. The molecule has 2 aromatic heterocycles. The molecule has 2 fully saturated rings. The summed E-state index contributed by atoms with van der Waals surface area (Å²) in [4.78, 5) is 22.1. The molecule has 0 amide bonds. The quantitative estimate of drug-likeness (QED) is 0.408. The number of aliphatic hydroxyl groups excluding tert-OH is 1. The smallest absolute Gasteiger partial charge is 0.398 e. The molecule has 1 aliphatic carbocycles. The number of nitrogens with zero attached hydrogens (tertiary/aromatic N) is 2. The molecule has 0 unspecified atom stereocenters. The van der Waals surface area contributed by atoms with E-state index >= 15 is 0 Å². The fourth-order valence-corrected chi connectivity index (χ4v) is 5.05. The number of aromatic nitrogens is 2. The third-order valence-electron chi connectivity index (χ3n) is 8.23. The Morgan fingerprint density at radius 2 is 1.86 bits per heavy atom. The van der Waals surface area contributed by atoms with E-state index in [1.165, 1.54) is 0 Å². The van der Waals surface area contributed by atoms with Gasteiger partial charge in [-0.25, -0.2) is 4.39 Å². The molecule has 1 saturated heterocycles. The zero-order valence-electron chi connectivity index (χ0n) is 21.5. The number of nitrogens with two attached hydrogens (primary N) is 1. The van der Waals surface area contributed by atoms with E-state index in [9.17, 15) is 19.4 Å². The summed E-state index contributed by atoms with van der Waals surface area (Å²) in [5.41, 5.74) is 5.64. The van der Waals surface area contributed by atoms with Crippen LogP contribution in [0.3, 0.4) is 0 Å². The van der Waals surface area contributed by atoms with Crippen molar-refractivity contribution in [1.29, 1.82) is 0 Å². The first-order valence-corrected chi connectivity index (χ1v) is 12.3. The van der Waals surface area contributed by atoms with Gasteiger partial charge in [-0.2, -0.15) is 0 Å². The molecule has 36 heavy (non-hydrogen) atoms. The van der Waals surface area contributed by atoms with Crippen LogP contribution in [0, 0.1) is 5.92 Å². The second-order valence-electron chi connectivity index (χ2n) is 11.1. The SMILES string of the molecule is C[C@H]1C[C@@H](c2ccncc2CC(=O)c2nc(B3OC(C)(C)C(C)(C)O3)ccc2N)C[C@@H](O)[C@@]1(O)CF. The van der Waals surface area contributed by atoms with Crippen LogP contribution < -0.4 is 11.3 Å². The van der Waals surface area contributed by atoms with Crippen molar-refractivity contribution < 1.29 is 28.7 Å². The van der Waals surface area contributed by atoms with Gasteiger partial charge in [0.25, 0.3) is 0 Å². The summed E-state index contributed by atoms with van der Waals surface area (Å²) in [6.45, 7) is 8.49. The number of anilines is 1. The van der Waals surface area contributed by atoms with E-state index < -0.39 is 42.6 Å². The number of Topliss-reactive ketones (excluding diaryl/α,β-unsaturated/α-hetero) is 1. The second-order valence-corrected chi connectivity index (χ2v) is 11.1. The number of alkyl halides is 1. The number of ketones is 1. The van der Waals surface area contributed by atoms with E-state index in [0.29, 0.717) is 17.6 Å². The molecule has 3 heterocycles. The first kappa shape index (κ1) is 26.7. The number of pyridine rings is 2. The Morgan fingerprint density at radius 3 is 2.47 bits per heavy atom. The van der Waals surface area contributed by atoms with Crippen molar-refractivity contribution in [1.82, 2.24) is 9.97 Å². The first-order chi connectivity index (χ1) is 16.8. The van der Waals surface area contributed by atoms with Gasteiger partial charge in [0, 0.05) is 18.8 Å². The lowest BCUT2D eigenvalue weighted by Crippen LogP contribution is -2.54. The van der Waals surface area contributed by atoms with E-state index in [2.05, 4.69) is 9.97 Å². The van der Waals surface area contributed by atoms with Crippen molar-refractivity contribution in [2.45, 2.75) is 82.7 Å². The molecule has 1 saturated carbocycles. The molecule has 10 heteroatoms. The first-order valence-electron chi connectivity index (χ1n) is 12.3. The van der Waals surface area contributed by atoms with Crippen LogP contribution in [0.4, 0.5) is 10.1 Å². The van der Waals surface area contributed by atoms with Gasteiger partial charge in [0.1, 0.15) is 18.0 Å². The predicted molar refractivity (Wildman–Crippen MR) is 135 cm³/mol. The lowest BCUT2D eigenvalue weighted by atomic mass is 9.68. The average molecular weight is 499 g/mol. The predicted octanol–water partition coefficient (Wildman–Crippen LogP) is 2.36. The molecule has 8 nitrogen and oxygen atoms in total. The Hall–Kier alpha value is -2.40. The van der Waals surface area contributed by atoms with Crippen LogP contribution in [0.2, 0.25) is 0 Å². The van der Waals surface area contributed by atoms with Crippen LogP contribution in [0.25, 0.3) is 0 Å². The van der Waals surface area contributed by atoms with Gasteiger partial charge in [0.05, 0.1) is 28.6 Å². The molecular formula is C26H35BFN3O5.